The van der Waals surface area contributed by atoms with Gasteiger partial charge in [0.05, 0.1) is 6.54 Å². The van der Waals surface area contributed by atoms with Gasteiger partial charge in [0.25, 0.3) is 0 Å². The standard InChI is InChI=1S/C15H25N3O/c1-4-19-9-5-8-17-15(16)18-11-14-7-6-12(2)10-13(14)3/h6-7,10H,4-5,8-9,11H2,1-3H3,(H3,16,17,18). The Morgan fingerprint density at radius 3 is 2.84 bits per heavy atom. The first-order chi connectivity index (χ1) is 9.13. The van der Waals surface area contributed by atoms with Crippen molar-refractivity contribution >= 4 is 5.96 Å². The summed E-state index contributed by atoms with van der Waals surface area (Å²) in [7, 11) is 0. The van der Waals surface area contributed by atoms with Gasteiger partial charge in [-0.15, -0.1) is 0 Å². The van der Waals surface area contributed by atoms with Gasteiger partial charge in [0, 0.05) is 19.8 Å². The molecule has 0 spiro atoms. The molecule has 0 saturated heterocycles. The first-order valence-corrected chi connectivity index (χ1v) is 6.81. The van der Waals surface area contributed by atoms with Crippen molar-refractivity contribution in [1.82, 2.24) is 5.32 Å². The molecular weight excluding hydrogens is 238 g/mol. The van der Waals surface area contributed by atoms with Crippen LogP contribution >= 0.6 is 0 Å². The first kappa shape index (κ1) is 15.5. The molecule has 0 bridgehead atoms. The third kappa shape index (κ3) is 6.25. The zero-order chi connectivity index (χ0) is 14.1. The second-order valence-electron chi connectivity index (χ2n) is 4.61. The van der Waals surface area contributed by atoms with Gasteiger partial charge in [-0.3, -0.25) is 0 Å². The van der Waals surface area contributed by atoms with Crippen molar-refractivity contribution in [3.63, 3.8) is 0 Å². The van der Waals surface area contributed by atoms with Gasteiger partial charge >= 0.3 is 0 Å². The van der Waals surface area contributed by atoms with E-state index in [2.05, 4.69) is 42.4 Å². The summed E-state index contributed by atoms with van der Waals surface area (Å²) in [6.45, 7) is 9.12. The monoisotopic (exact) mass is 263 g/mol. The second kappa shape index (κ2) is 8.53. The number of nitrogens with zero attached hydrogens (tertiary/aromatic N) is 1. The van der Waals surface area contributed by atoms with Crippen molar-refractivity contribution < 1.29 is 4.74 Å². The van der Waals surface area contributed by atoms with Crippen LogP contribution in [0.1, 0.15) is 30.0 Å². The molecule has 4 nitrogen and oxygen atoms in total. The highest BCUT2D eigenvalue weighted by atomic mass is 16.5. The molecule has 0 aliphatic rings. The molecule has 0 saturated carbocycles. The van der Waals surface area contributed by atoms with E-state index in [-0.39, 0.29) is 0 Å². The van der Waals surface area contributed by atoms with Crippen molar-refractivity contribution in [2.75, 3.05) is 19.8 Å². The molecule has 0 aliphatic carbocycles. The second-order valence-corrected chi connectivity index (χ2v) is 4.61. The Bertz CT molecular complexity index is 416. The van der Waals surface area contributed by atoms with Crippen molar-refractivity contribution in [3.8, 4) is 0 Å². The summed E-state index contributed by atoms with van der Waals surface area (Å²) < 4.78 is 5.25. The molecule has 0 aliphatic heterocycles. The fraction of sp³-hybridized carbons (Fsp3) is 0.533. The van der Waals surface area contributed by atoms with Crippen molar-refractivity contribution in [2.24, 2.45) is 10.7 Å². The van der Waals surface area contributed by atoms with E-state index in [0.717, 1.165) is 26.2 Å². The number of aryl methyl sites for hydroxylation is 2. The molecule has 0 unspecified atom stereocenters. The summed E-state index contributed by atoms with van der Waals surface area (Å²) in [6, 6.07) is 6.37. The number of nitrogens with two attached hydrogens (primary N) is 1. The largest absolute Gasteiger partial charge is 0.382 e. The van der Waals surface area contributed by atoms with Gasteiger partial charge in [-0.1, -0.05) is 23.8 Å². The summed E-state index contributed by atoms with van der Waals surface area (Å²) >= 11 is 0. The lowest BCUT2D eigenvalue weighted by molar-refractivity contribution is 0.145. The van der Waals surface area contributed by atoms with E-state index in [4.69, 9.17) is 10.5 Å². The number of ether oxygens (including phenoxy) is 1. The molecule has 1 aromatic carbocycles. The molecule has 1 aromatic rings. The van der Waals surface area contributed by atoms with Gasteiger partial charge in [0.15, 0.2) is 5.96 Å². The number of hydrogen-bond donors (Lipinski definition) is 2. The van der Waals surface area contributed by atoms with E-state index >= 15 is 0 Å². The molecule has 0 amide bonds. The number of aliphatic imine (C=N–C) groups is 1. The van der Waals surface area contributed by atoms with Crippen LogP contribution in [0.3, 0.4) is 0 Å². The van der Waals surface area contributed by atoms with Crippen LogP contribution in [0.5, 0.6) is 0 Å². The van der Waals surface area contributed by atoms with Gasteiger partial charge in [0.1, 0.15) is 0 Å². The van der Waals surface area contributed by atoms with Crippen LogP contribution in [0.4, 0.5) is 0 Å². The maximum atomic E-state index is 5.81. The molecule has 19 heavy (non-hydrogen) atoms. The van der Waals surface area contributed by atoms with Crippen LogP contribution in [0, 0.1) is 13.8 Å². The van der Waals surface area contributed by atoms with Gasteiger partial charge in [-0.25, -0.2) is 4.99 Å². The smallest absolute Gasteiger partial charge is 0.188 e. The highest BCUT2D eigenvalue weighted by molar-refractivity contribution is 5.77. The van der Waals surface area contributed by atoms with E-state index in [1.54, 1.807) is 0 Å². The summed E-state index contributed by atoms with van der Waals surface area (Å²) in [6.07, 6.45) is 0.938. The number of guanidine groups is 1. The zero-order valence-corrected chi connectivity index (χ0v) is 12.2. The average Bonchev–Trinajstić information content (AvgIpc) is 2.37. The van der Waals surface area contributed by atoms with E-state index < -0.39 is 0 Å². The molecule has 3 N–H and O–H groups in total. The Kier molecular flexibility index (Phi) is 6.97. The third-order valence-corrected chi connectivity index (χ3v) is 2.89. The zero-order valence-electron chi connectivity index (χ0n) is 12.2. The van der Waals surface area contributed by atoms with Crippen molar-refractivity contribution in [1.29, 1.82) is 0 Å². The van der Waals surface area contributed by atoms with Crippen molar-refractivity contribution in [3.05, 3.63) is 34.9 Å². The van der Waals surface area contributed by atoms with E-state index in [0.29, 0.717) is 12.5 Å². The summed E-state index contributed by atoms with van der Waals surface area (Å²) in [5.41, 5.74) is 9.55. The Hall–Kier alpha value is -1.55. The molecule has 0 aromatic heterocycles. The SMILES string of the molecule is CCOCCCNC(N)=NCc1ccc(C)cc1C. The lowest BCUT2D eigenvalue weighted by atomic mass is 10.1. The molecule has 0 atom stereocenters. The van der Waals surface area contributed by atoms with Gasteiger partial charge in [0.2, 0.25) is 0 Å². The van der Waals surface area contributed by atoms with Crippen LogP contribution in [0.2, 0.25) is 0 Å². The molecule has 0 fully saturated rings. The Labute approximate surface area is 116 Å². The van der Waals surface area contributed by atoms with Crippen LogP contribution in [0.25, 0.3) is 0 Å². The molecule has 1 rings (SSSR count). The topological polar surface area (TPSA) is 59.6 Å². The Balaban J connectivity index is 2.34. The fourth-order valence-corrected chi connectivity index (χ4v) is 1.78. The van der Waals surface area contributed by atoms with E-state index in [1.165, 1.54) is 16.7 Å². The normalized spacial score (nSPS) is 11.6. The summed E-state index contributed by atoms with van der Waals surface area (Å²) in [5.74, 6) is 0.497. The third-order valence-electron chi connectivity index (χ3n) is 2.89. The predicted molar refractivity (Wildman–Crippen MR) is 80.4 cm³/mol. The van der Waals surface area contributed by atoms with E-state index in [9.17, 15) is 0 Å². The van der Waals surface area contributed by atoms with Crippen LogP contribution in [-0.2, 0) is 11.3 Å². The maximum Gasteiger partial charge on any atom is 0.188 e. The highest BCUT2D eigenvalue weighted by Gasteiger charge is 1.98. The molecular formula is C15H25N3O. The minimum absolute atomic E-state index is 0.497. The highest BCUT2D eigenvalue weighted by Crippen LogP contribution is 2.11. The first-order valence-electron chi connectivity index (χ1n) is 6.81. The minimum atomic E-state index is 0.497. The summed E-state index contributed by atoms with van der Waals surface area (Å²) in [5, 5.41) is 3.09. The maximum absolute atomic E-state index is 5.81. The summed E-state index contributed by atoms with van der Waals surface area (Å²) in [4.78, 5) is 4.35. The molecule has 106 valence electrons. The lowest BCUT2D eigenvalue weighted by Gasteiger charge is -2.07. The Morgan fingerprint density at radius 2 is 2.16 bits per heavy atom. The number of hydrogen-bond acceptors (Lipinski definition) is 2. The Morgan fingerprint density at radius 1 is 1.37 bits per heavy atom. The molecule has 0 radical (unpaired) electrons. The average molecular weight is 263 g/mol. The quantitative estimate of drug-likeness (QED) is 0.450. The van der Waals surface area contributed by atoms with Crippen LogP contribution in [-0.4, -0.2) is 25.7 Å². The lowest BCUT2D eigenvalue weighted by Crippen LogP contribution is -2.32. The van der Waals surface area contributed by atoms with Gasteiger partial charge < -0.3 is 15.8 Å². The fourth-order valence-electron chi connectivity index (χ4n) is 1.78. The van der Waals surface area contributed by atoms with Gasteiger partial charge in [-0.2, -0.15) is 0 Å². The number of benzene rings is 1. The predicted octanol–water partition coefficient (Wildman–Crippen LogP) is 2.13. The molecule has 0 heterocycles. The van der Waals surface area contributed by atoms with Crippen molar-refractivity contribution in [2.45, 2.75) is 33.7 Å². The van der Waals surface area contributed by atoms with E-state index in [1.807, 2.05) is 6.92 Å². The minimum Gasteiger partial charge on any atom is -0.382 e. The van der Waals surface area contributed by atoms with Gasteiger partial charge in [-0.05, 0) is 38.3 Å². The number of rotatable bonds is 7. The molecule has 4 heteroatoms. The number of nitrogens with one attached hydrogen (secondary N) is 1. The van der Waals surface area contributed by atoms with Crippen LogP contribution < -0.4 is 11.1 Å². The van der Waals surface area contributed by atoms with Crippen LogP contribution in [0.15, 0.2) is 23.2 Å².